The third kappa shape index (κ3) is 7.42. The quantitative estimate of drug-likeness (QED) is 0.140. The van der Waals surface area contributed by atoms with Gasteiger partial charge in [-0.15, -0.1) is 0 Å². The van der Waals surface area contributed by atoms with Crippen LogP contribution in [-0.2, 0) is 5.41 Å². The van der Waals surface area contributed by atoms with Crippen LogP contribution in [0, 0.1) is 0 Å². The van der Waals surface area contributed by atoms with Crippen LogP contribution in [0.2, 0.25) is 0 Å². The van der Waals surface area contributed by atoms with Gasteiger partial charge in [0.1, 0.15) is 0 Å². The van der Waals surface area contributed by atoms with E-state index in [9.17, 15) is 0 Å². The first-order chi connectivity index (χ1) is 38.4. The molecule has 0 unspecified atom stereocenters. The van der Waals surface area contributed by atoms with Crippen LogP contribution in [0.1, 0.15) is 25.0 Å². The number of para-hydroxylation sites is 4. The zero-order chi connectivity index (χ0) is 51.9. The maximum atomic E-state index is 2.45. The van der Waals surface area contributed by atoms with Crippen LogP contribution in [0.3, 0.4) is 0 Å². The van der Waals surface area contributed by atoms with E-state index in [2.05, 4.69) is 313 Å². The van der Waals surface area contributed by atoms with Crippen molar-refractivity contribution in [3.63, 3.8) is 0 Å². The van der Waals surface area contributed by atoms with E-state index in [1.807, 2.05) is 0 Å². The highest BCUT2D eigenvalue weighted by Crippen LogP contribution is 2.52. The summed E-state index contributed by atoms with van der Waals surface area (Å²) in [4.78, 5) is 2.42. The fourth-order valence-electron chi connectivity index (χ4n) is 12.6. The summed E-state index contributed by atoms with van der Waals surface area (Å²) in [5, 5.41) is 5.06. The molecule has 0 bridgehead atoms. The summed E-state index contributed by atoms with van der Waals surface area (Å²) < 4.78 is 4.76. The summed E-state index contributed by atoms with van der Waals surface area (Å²) in [6.45, 7) is 4.79. The Balaban J connectivity index is 0.781. The van der Waals surface area contributed by atoms with Gasteiger partial charge in [-0.1, -0.05) is 202 Å². The van der Waals surface area contributed by atoms with Gasteiger partial charge < -0.3 is 14.0 Å². The molecule has 0 radical (unpaired) electrons. The molecule has 2 heterocycles. The Morgan fingerprint density at radius 1 is 0.256 bits per heavy atom. The first kappa shape index (κ1) is 45.4. The largest absolute Gasteiger partial charge is 0.310 e. The van der Waals surface area contributed by atoms with E-state index >= 15 is 0 Å². The van der Waals surface area contributed by atoms with Crippen molar-refractivity contribution < 1.29 is 0 Å². The van der Waals surface area contributed by atoms with Crippen molar-refractivity contribution in [1.82, 2.24) is 9.13 Å². The second kappa shape index (κ2) is 18.1. The van der Waals surface area contributed by atoms with Crippen LogP contribution < -0.4 is 4.90 Å². The Labute approximate surface area is 454 Å². The first-order valence-electron chi connectivity index (χ1n) is 27.1. The molecule has 0 atom stereocenters. The number of hydrogen-bond donors (Lipinski definition) is 0. The number of anilines is 3. The molecule has 2 aromatic heterocycles. The smallest absolute Gasteiger partial charge is 0.0541 e. The van der Waals surface area contributed by atoms with E-state index in [0.717, 1.165) is 22.7 Å². The summed E-state index contributed by atoms with van der Waals surface area (Å²) in [5.41, 5.74) is 25.1. The standard InChI is InChI=1S/C75H53N3/c1-75(2)69-48-57(56-36-46-74-68(47-56)67-21-11-14-24-73(67)77(74)58-17-7-4-8-18-58)35-44-63(69)64-45-43-62(49-70(64)75)76(59-37-29-53(30-38-59)52-27-25-51(26-28-52)50-15-5-3-6-16-50)60-39-31-54(32-40-60)55-33-41-61(42-34-55)78-71-22-12-9-19-65(71)66-20-10-13-23-72(66)78/h3-49H,1-2H3. The highest BCUT2D eigenvalue weighted by atomic mass is 15.1. The van der Waals surface area contributed by atoms with Crippen LogP contribution in [0.5, 0.6) is 0 Å². The molecule has 0 fully saturated rings. The van der Waals surface area contributed by atoms with Gasteiger partial charge in [-0.25, -0.2) is 0 Å². The molecule has 12 aromatic carbocycles. The molecule has 1 aliphatic carbocycles. The lowest BCUT2D eigenvalue weighted by molar-refractivity contribution is 0.660. The molecule has 0 saturated carbocycles. The van der Waals surface area contributed by atoms with Gasteiger partial charge in [-0.05, 0) is 164 Å². The minimum Gasteiger partial charge on any atom is -0.310 e. The second-order valence-corrected chi connectivity index (χ2v) is 21.3. The summed E-state index contributed by atoms with van der Waals surface area (Å²) in [7, 11) is 0. The number of nitrogens with zero attached hydrogens (tertiary/aromatic N) is 3. The predicted molar refractivity (Wildman–Crippen MR) is 329 cm³/mol. The maximum Gasteiger partial charge on any atom is 0.0541 e. The maximum absolute atomic E-state index is 2.45. The Bertz CT molecular complexity index is 4530. The molecule has 14 aromatic rings. The number of fused-ring (bicyclic) bond motifs is 9. The number of aromatic nitrogens is 2. The monoisotopic (exact) mass is 995 g/mol. The average molecular weight is 996 g/mol. The molecule has 78 heavy (non-hydrogen) atoms. The van der Waals surface area contributed by atoms with E-state index in [1.54, 1.807) is 0 Å². The molecule has 1 aliphatic rings. The van der Waals surface area contributed by atoms with Gasteiger partial charge in [-0.2, -0.15) is 0 Å². The topological polar surface area (TPSA) is 13.1 Å². The Hall–Kier alpha value is -9.96. The van der Waals surface area contributed by atoms with Crippen molar-refractivity contribution in [2.45, 2.75) is 19.3 Å². The van der Waals surface area contributed by atoms with Crippen molar-refractivity contribution >= 4 is 60.7 Å². The normalized spacial score (nSPS) is 12.6. The molecule has 0 spiro atoms. The van der Waals surface area contributed by atoms with Crippen molar-refractivity contribution in [2.75, 3.05) is 4.90 Å². The van der Waals surface area contributed by atoms with Crippen LogP contribution in [0.15, 0.2) is 285 Å². The van der Waals surface area contributed by atoms with E-state index < -0.39 is 0 Å². The Kier molecular flexibility index (Phi) is 10.6. The molecular weight excluding hydrogens is 943 g/mol. The van der Waals surface area contributed by atoms with Gasteiger partial charge in [0.2, 0.25) is 0 Å². The molecule has 0 saturated heterocycles. The number of rotatable bonds is 9. The third-order valence-electron chi connectivity index (χ3n) is 16.6. The first-order valence-corrected chi connectivity index (χ1v) is 27.1. The molecule has 0 amide bonds. The van der Waals surface area contributed by atoms with E-state index in [1.165, 1.54) is 116 Å². The van der Waals surface area contributed by atoms with Crippen molar-refractivity contribution in [3.8, 4) is 67.0 Å². The lowest BCUT2D eigenvalue weighted by Crippen LogP contribution is -2.16. The van der Waals surface area contributed by atoms with Gasteiger partial charge in [0.25, 0.3) is 0 Å². The number of hydrogen-bond acceptors (Lipinski definition) is 1. The van der Waals surface area contributed by atoms with E-state index in [0.29, 0.717) is 0 Å². The van der Waals surface area contributed by atoms with Gasteiger partial charge >= 0.3 is 0 Å². The van der Waals surface area contributed by atoms with Crippen molar-refractivity contribution in [3.05, 3.63) is 296 Å². The lowest BCUT2D eigenvalue weighted by Gasteiger charge is -2.28. The lowest BCUT2D eigenvalue weighted by atomic mass is 9.81. The third-order valence-corrected chi connectivity index (χ3v) is 16.6. The Morgan fingerprint density at radius 2 is 0.603 bits per heavy atom. The average Bonchev–Trinajstić information content (AvgIpc) is 4.20. The molecule has 368 valence electrons. The fraction of sp³-hybridized carbons (Fsp3) is 0.0400. The van der Waals surface area contributed by atoms with E-state index in [-0.39, 0.29) is 5.41 Å². The Morgan fingerprint density at radius 3 is 1.14 bits per heavy atom. The van der Waals surface area contributed by atoms with E-state index in [4.69, 9.17) is 0 Å². The SMILES string of the molecule is CC1(C)c2cc(-c3ccc4c(c3)c3ccccc3n4-c3ccccc3)ccc2-c2ccc(N(c3ccc(-c4ccc(-c5ccccc5)cc4)cc3)c3ccc(-c4ccc(-n5c6ccccc6c6ccccc65)cc4)cc3)cc21. The van der Waals surface area contributed by atoms with Gasteiger partial charge in [0.15, 0.2) is 0 Å². The molecule has 3 heteroatoms. The van der Waals surface area contributed by atoms with Gasteiger partial charge in [0, 0.05) is 55.4 Å². The van der Waals surface area contributed by atoms with Gasteiger partial charge in [0.05, 0.1) is 22.1 Å². The number of benzene rings is 12. The minimum atomic E-state index is -0.249. The van der Waals surface area contributed by atoms with Crippen LogP contribution in [0.25, 0.3) is 111 Å². The molecule has 0 N–H and O–H groups in total. The highest BCUT2D eigenvalue weighted by Gasteiger charge is 2.36. The van der Waals surface area contributed by atoms with Crippen LogP contribution >= 0.6 is 0 Å². The predicted octanol–water partition coefficient (Wildman–Crippen LogP) is 20.3. The molecule has 15 rings (SSSR count). The highest BCUT2D eigenvalue weighted by molar-refractivity contribution is 6.11. The van der Waals surface area contributed by atoms with Crippen molar-refractivity contribution in [1.29, 1.82) is 0 Å². The summed E-state index contributed by atoms with van der Waals surface area (Å²) in [6, 6.07) is 105. The summed E-state index contributed by atoms with van der Waals surface area (Å²) in [5.74, 6) is 0. The summed E-state index contributed by atoms with van der Waals surface area (Å²) in [6.07, 6.45) is 0. The second-order valence-electron chi connectivity index (χ2n) is 21.3. The zero-order valence-corrected chi connectivity index (χ0v) is 43.5. The van der Waals surface area contributed by atoms with Crippen molar-refractivity contribution in [2.24, 2.45) is 0 Å². The molecule has 0 aliphatic heterocycles. The molecular formula is C75H53N3. The molecule has 3 nitrogen and oxygen atoms in total. The van der Waals surface area contributed by atoms with Crippen LogP contribution in [0.4, 0.5) is 17.1 Å². The summed E-state index contributed by atoms with van der Waals surface area (Å²) >= 11 is 0. The van der Waals surface area contributed by atoms with Crippen LogP contribution in [-0.4, -0.2) is 9.13 Å². The fourth-order valence-corrected chi connectivity index (χ4v) is 12.6. The minimum absolute atomic E-state index is 0.249. The van der Waals surface area contributed by atoms with Gasteiger partial charge in [-0.3, -0.25) is 0 Å². The zero-order valence-electron chi connectivity index (χ0n) is 43.5.